The maximum Gasteiger partial charge on any atom is 0.394 e. The first-order valence-electron chi connectivity index (χ1n) is 9.23. The van der Waals surface area contributed by atoms with E-state index in [-0.39, 0.29) is 16.3 Å². The van der Waals surface area contributed by atoms with Crippen LogP contribution in [0.5, 0.6) is 0 Å². The summed E-state index contributed by atoms with van der Waals surface area (Å²) in [6.07, 6.45) is 2.69. The van der Waals surface area contributed by atoms with Crippen molar-refractivity contribution in [2.45, 2.75) is 36.6 Å². The van der Waals surface area contributed by atoms with Gasteiger partial charge in [0.2, 0.25) is 0 Å². The molecule has 158 valence electrons. The first kappa shape index (κ1) is 21.3. The Labute approximate surface area is 173 Å². The molecule has 1 fully saturated rings. The fraction of sp³-hybridized carbons (Fsp3) is 0.250. The summed E-state index contributed by atoms with van der Waals surface area (Å²) in [6, 6.07) is 11.1. The molecule has 1 saturated carbocycles. The zero-order valence-corrected chi connectivity index (χ0v) is 16.6. The van der Waals surface area contributed by atoms with Crippen LogP contribution in [-0.4, -0.2) is 42.5 Å². The van der Waals surface area contributed by atoms with Gasteiger partial charge in [0.1, 0.15) is 5.56 Å². The summed E-state index contributed by atoms with van der Waals surface area (Å²) >= 11 is 0. The Morgan fingerprint density at radius 1 is 0.933 bits per heavy atom. The Hall–Kier alpha value is -3.40. The maximum absolute atomic E-state index is 13.5. The highest BCUT2D eigenvalue weighted by Crippen LogP contribution is 2.37. The first-order valence-corrected chi connectivity index (χ1v) is 10.7. The average molecular weight is 432 g/mol. The van der Waals surface area contributed by atoms with Crippen LogP contribution in [0.3, 0.4) is 0 Å². The van der Waals surface area contributed by atoms with Crippen LogP contribution < -0.4 is 9.62 Å². The van der Waals surface area contributed by atoms with Crippen molar-refractivity contribution >= 4 is 39.2 Å². The molecule has 30 heavy (non-hydrogen) atoms. The number of carbonyl (C=O) groups is 3. The normalized spacial score (nSPS) is 14.3. The van der Waals surface area contributed by atoms with Crippen LogP contribution in [0.15, 0.2) is 53.4 Å². The Morgan fingerprint density at radius 3 is 2.13 bits per heavy atom. The summed E-state index contributed by atoms with van der Waals surface area (Å²) in [7, 11) is -4.11. The average Bonchev–Trinajstić information content (AvgIpc) is 3.22. The molecule has 2 aromatic rings. The number of aromatic carboxylic acids is 1. The highest BCUT2D eigenvalue weighted by Gasteiger charge is 2.36. The van der Waals surface area contributed by atoms with Gasteiger partial charge in [0.15, 0.2) is 0 Å². The predicted octanol–water partition coefficient (Wildman–Crippen LogP) is 2.55. The summed E-state index contributed by atoms with van der Waals surface area (Å²) in [6.45, 7) is 0. The minimum absolute atomic E-state index is 0.00760. The molecule has 2 aromatic carbocycles. The van der Waals surface area contributed by atoms with E-state index in [9.17, 15) is 27.9 Å². The minimum Gasteiger partial charge on any atom is -0.478 e. The number of hydrogen-bond donors (Lipinski definition) is 3. The number of aliphatic carboxylic acids is 1. The third-order valence-electron chi connectivity index (χ3n) is 4.89. The van der Waals surface area contributed by atoms with Gasteiger partial charge >= 0.3 is 17.8 Å². The summed E-state index contributed by atoms with van der Waals surface area (Å²) < 4.78 is 28.1. The largest absolute Gasteiger partial charge is 0.478 e. The van der Waals surface area contributed by atoms with Crippen LogP contribution in [0, 0.1) is 0 Å². The van der Waals surface area contributed by atoms with Crippen molar-refractivity contribution in [3.05, 3.63) is 54.1 Å². The SMILES string of the molecule is O=C(O)C(=O)Nc1cccc(N(C2CCCC2)S(=O)(=O)c2ccccc2)c1C(=O)O. The molecule has 0 atom stereocenters. The number of carbonyl (C=O) groups excluding carboxylic acids is 1. The molecule has 1 aliphatic rings. The van der Waals surface area contributed by atoms with E-state index in [1.807, 2.05) is 5.32 Å². The van der Waals surface area contributed by atoms with Crippen LogP contribution in [0.4, 0.5) is 11.4 Å². The molecular formula is C20H20N2O7S. The molecule has 9 nitrogen and oxygen atoms in total. The number of nitrogens with one attached hydrogen (secondary N) is 1. The number of carboxylic acids is 2. The van der Waals surface area contributed by atoms with Crippen molar-refractivity contribution in [2.24, 2.45) is 0 Å². The van der Waals surface area contributed by atoms with Crippen LogP contribution in [0.1, 0.15) is 36.0 Å². The number of nitrogens with zero attached hydrogens (tertiary/aromatic N) is 1. The molecular weight excluding hydrogens is 412 g/mol. The zero-order valence-electron chi connectivity index (χ0n) is 15.8. The Morgan fingerprint density at radius 2 is 1.57 bits per heavy atom. The van der Waals surface area contributed by atoms with Gasteiger partial charge in [0.05, 0.1) is 16.3 Å². The summed E-state index contributed by atoms with van der Waals surface area (Å²) in [5.41, 5.74) is -0.904. The van der Waals surface area contributed by atoms with Gasteiger partial charge in [0, 0.05) is 6.04 Å². The quantitative estimate of drug-likeness (QED) is 0.596. The van der Waals surface area contributed by atoms with Gasteiger partial charge in [-0.15, -0.1) is 0 Å². The molecule has 1 amide bonds. The molecule has 0 radical (unpaired) electrons. The Bertz CT molecular complexity index is 1080. The second-order valence-corrected chi connectivity index (χ2v) is 8.63. The van der Waals surface area contributed by atoms with E-state index in [1.165, 1.54) is 30.3 Å². The fourth-order valence-electron chi connectivity index (χ4n) is 3.60. The zero-order chi connectivity index (χ0) is 21.9. The number of hydrogen-bond acceptors (Lipinski definition) is 5. The number of amides is 1. The van der Waals surface area contributed by atoms with Crippen molar-refractivity contribution in [3.8, 4) is 0 Å². The number of anilines is 2. The predicted molar refractivity (Wildman–Crippen MR) is 108 cm³/mol. The van der Waals surface area contributed by atoms with Crippen molar-refractivity contribution in [2.75, 3.05) is 9.62 Å². The summed E-state index contributed by atoms with van der Waals surface area (Å²) in [5, 5.41) is 20.7. The van der Waals surface area contributed by atoms with Gasteiger partial charge in [-0.25, -0.2) is 18.0 Å². The molecule has 0 heterocycles. The van der Waals surface area contributed by atoms with Gasteiger partial charge in [-0.3, -0.25) is 9.10 Å². The highest BCUT2D eigenvalue weighted by molar-refractivity contribution is 7.92. The molecule has 10 heteroatoms. The molecule has 3 N–H and O–H groups in total. The van der Waals surface area contributed by atoms with E-state index in [1.54, 1.807) is 18.2 Å². The van der Waals surface area contributed by atoms with Crippen LogP contribution in [-0.2, 0) is 19.6 Å². The number of rotatable bonds is 6. The van der Waals surface area contributed by atoms with Crippen molar-refractivity contribution in [3.63, 3.8) is 0 Å². The molecule has 0 aromatic heterocycles. The van der Waals surface area contributed by atoms with E-state index in [4.69, 9.17) is 5.11 Å². The third kappa shape index (κ3) is 4.13. The van der Waals surface area contributed by atoms with Gasteiger partial charge in [-0.2, -0.15) is 0 Å². The minimum atomic E-state index is -4.11. The molecule has 3 rings (SSSR count). The third-order valence-corrected chi connectivity index (χ3v) is 6.77. The molecule has 0 saturated heterocycles. The lowest BCUT2D eigenvalue weighted by molar-refractivity contribution is -0.147. The van der Waals surface area contributed by atoms with Crippen molar-refractivity contribution < 1.29 is 33.0 Å². The monoisotopic (exact) mass is 432 g/mol. The van der Waals surface area contributed by atoms with Gasteiger partial charge in [-0.1, -0.05) is 37.1 Å². The van der Waals surface area contributed by atoms with Crippen LogP contribution in [0.2, 0.25) is 0 Å². The fourth-order valence-corrected chi connectivity index (χ4v) is 5.34. The lowest BCUT2D eigenvalue weighted by Crippen LogP contribution is -2.40. The van der Waals surface area contributed by atoms with E-state index in [0.717, 1.165) is 17.1 Å². The van der Waals surface area contributed by atoms with Crippen LogP contribution in [0.25, 0.3) is 0 Å². The Kier molecular flexibility index (Phi) is 6.06. The first-order chi connectivity index (χ1) is 14.2. The number of benzene rings is 2. The van der Waals surface area contributed by atoms with Gasteiger partial charge < -0.3 is 15.5 Å². The van der Waals surface area contributed by atoms with Crippen molar-refractivity contribution in [1.82, 2.24) is 0 Å². The molecule has 1 aliphatic carbocycles. The smallest absolute Gasteiger partial charge is 0.394 e. The Balaban J connectivity index is 2.20. The van der Waals surface area contributed by atoms with E-state index in [0.29, 0.717) is 12.8 Å². The lowest BCUT2D eigenvalue weighted by Gasteiger charge is -2.32. The van der Waals surface area contributed by atoms with Gasteiger partial charge in [-0.05, 0) is 37.1 Å². The summed E-state index contributed by atoms with van der Waals surface area (Å²) in [5.74, 6) is -4.70. The molecule has 0 spiro atoms. The maximum atomic E-state index is 13.5. The van der Waals surface area contributed by atoms with E-state index >= 15 is 0 Å². The number of sulfonamides is 1. The summed E-state index contributed by atoms with van der Waals surface area (Å²) in [4.78, 5) is 34.6. The highest BCUT2D eigenvalue weighted by atomic mass is 32.2. The number of carboxylic acid groups (broad SMARTS) is 2. The van der Waals surface area contributed by atoms with E-state index in [2.05, 4.69) is 0 Å². The molecule has 0 unspecified atom stereocenters. The second kappa shape index (κ2) is 8.54. The second-order valence-electron chi connectivity index (χ2n) is 6.82. The lowest BCUT2D eigenvalue weighted by atomic mass is 10.1. The van der Waals surface area contributed by atoms with Crippen molar-refractivity contribution in [1.29, 1.82) is 0 Å². The van der Waals surface area contributed by atoms with Gasteiger partial charge in [0.25, 0.3) is 10.0 Å². The topological polar surface area (TPSA) is 141 Å². The molecule has 0 aliphatic heterocycles. The van der Waals surface area contributed by atoms with E-state index < -0.39 is 39.5 Å². The molecule has 0 bridgehead atoms. The van der Waals surface area contributed by atoms with Crippen LogP contribution >= 0.6 is 0 Å². The standard InChI is InChI=1S/C20H20N2O7S/c23-18(20(26)27)21-15-11-6-12-16(17(15)19(24)25)22(13-7-4-5-8-13)30(28,29)14-9-2-1-3-10-14/h1-3,6,9-13H,4-5,7-8H2,(H,21,23)(H,24,25)(H,26,27).